The van der Waals surface area contributed by atoms with E-state index in [9.17, 15) is 15.0 Å². The van der Waals surface area contributed by atoms with E-state index in [-0.39, 0.29) is 12.5 Å². The van der Waals surface area contributed by atoms with Gasteiger partial charge in [0.15, 0.2) is 0 Å². The van der Waals surface area contributed by atoms with Crippen LogP contribution in [-0.4, -0.2) is 66.6 Å². The molecule has 0 saturated carbocycles. The molecule has 2 aromatic rings. The summed E-state index contributed by atoms with van der Waals surface area (Å²) in [6.45, 7) is 2.65. The number of carbonyl (C=O) groups excluding carboxylic acids is 1. The quantitative estimate of drug-likeness (QED) is 0.824. The van der Waals surface area contributed by atoms with E-state index in [1.807, 2.05) is 6.92 Å². The van der Waals surface area contributed by atoms with E-state index in [0.717, 1.165) is 6.42 Å². The van der Waals surface area contributed by atoms with Crippen molar-refractivity contribution in [1.82, 2.24) is 24.6 Å². The number of likely N-dealkylation sites (tertiary alicyclic amines) is 1. The molecule has 2 atom stereocenters. The Morgan fingerprint density at radius 1 is 1.36 bits per heavy atom. The first-order chi connectivity index (χ1) is 12.1. The van der Waals surface area contributed by atoms with Crippen LogP contribution in [0, 0.1) is 5.41 Å². The number of carbonyl (C=O) groups is 1. The number of amides is 1. The van der Waals surface area contributed by atoms with Crippen LogP contribution in [0.4, 0.5) is 0 Å². The Kier molecular flexibility index (Phi) is 5.10. The largest absolute Gasteiger partial charge is 0.396 e. The second-order valence-electron chi connectivity index (χ2n) is 6.55. The monoisotopic (exact) mass is 345 g/mol. The third kappa shape index (κ3) is 3.40. The van der Waals surface area contributed by atoms with Crippen molar-refractivity contribution in [1.29, 1.82) is 0 Å². The Labute approximate surface area is 146 Å². The van der Waals surface area contributed by atoms with Gasteiger partial charge in [-0.05, 0) is 25.0 Å². The molecule has 134 valence electrons. The summed E-state index contributed by atoms with van der Waals surface area (Å²) in [5.74, 6) is 0.366. The Balaban J connectivity index is 1.82. The second kappa shape index (κ2) is 7.28. The molecule has 1 amide bonds. The minimum atomic E-state index is -0.658. The maximum Gasteiger partial charge on any atom is 0.272 e. The molecule has 2 N–H and O–H groups in total. The Hall–Kier alpha value is -2.32. The van der Waals surface area contributed by atoms with Crippen LogP contribution in [0.25, 0.3) is 5.82 Å². The normalized spacial score (nSPS) is 23.6. The van der Waals surface area contributed by atoms with E-state index < -0.39 is 11.5 Å². The van der Waals surface area contributed by atoms with Crippen molar-refractivity contribution in [3.63, 3.8) is 0 Å². The lowest BCUT2D eigenvalue weighted by Crippen LogP contribution is -2.55. The Morgan fingerprint density at radius 3 is 2.80 bits per heavy atom. The fourth-order valence-electron chi connectivity index (χ4n) is 3.47. The summed E-state index contributed by atoms with van der Waals surface area (Å²) in [6.07, 6.45) is 4.40. The Morgan fingerprint density at radius 2 is 2.12 bits per heavy atom. The zero-order valence-corrected chi connectivity index (χ0v) is 14.2. The van der Waals surface area contributed by atoms with Crippen LogP contribution in [-0.2, 0) is 0 Å². The van der Waals surface area contributed by atoms with E-state index in [4.69, 9.17) is 0 Å². The van der Waals surface area contributed by atoms with Gasteiger partial charge in [0.05, 0.1) is 12.7 Å². The molecule has 1 aliphatic rings. The van der Waals surface area contributed by atoms with Gasteiger partial charge in [0, 0.05) is 18.5 Å². The van der Waals surface area contributed by atoms with Crippen LogP contribution in [0.2, 0.25) is 0 Å². The summed E-state index contributed by atoms with van der Waals surface area (Å²) in [5, 5.41) is 27.7. The SMILES string of the molecule is CCC[C@@]1(CO)CN(C(=O)c2cccc(-n3cnnc3)n2)CC[C@@H]1O. The van der Waals surface area contributed by atoms with Crippen LogP contribution in [0.5, 0.6) is 0 Å². The molecule has 0 aliphatic carbocycles. The van der Waals surface area contributed by atoms with Crippen molar-refractivity contribution >= 4 is 5.91 Å². The summed E-state index contributed by atoms with van der Waals surface area (Å²) in [5.41, 5.74) is -0.333. The summed E-state index contributed by atoms with van der Waals surface area (Å²) < 4.78 is 1.63. The summed E-state index contributed by atoms with van der Waals surface area (Å²) in [4.78, 5) is 19.0. The zero-order valence-electron chi connectivity index (χ0n) is 14.2. The average Bonchev–Trinajstić information content (AvgIpc) is 3.18. The van der Waals surface area contributed by atoms with Crippen molar-refractivity contribution in [3.8, 4) is 5.82 Å². The van der Waals surface area contributed by atoms with Crippen LogP contribution < -0.4 is 0 Å². The first-order valence-electron chi connectivity index (χ1n) is 8.50. The first-order valence-corrected chi connectivity index (χ1v) is 8.50. The van der Waals surface area contributed by atoms with Gasteiger partial charge in [0.2, 0.25) is 0 Å². The predicted molar refractivity (Wildman–Crippen MR) is 90.1 cm³/mol. The topological polar surface area (TPSA) is 104 Å². The van der Waals surface area contributed by atoms with Crippen molar-refractivity contribution < 1.29 is 15.0 Å². The molecular weight excluding hydrogens is 322 g/mol. The molecule has 0 bridgehead atoms. The number of pyridine rings is 1. The molecule has 3 heterocycles. The third-order valence-corrected chi connectivity index (χ3v) is 4.87. The van der Waals surface area contributed by atoms with Crippen molar-refractivity contribution in [2.75, 3.05) is 19.7 Å². The van der Waals surface area contributed by atoms with Crippen LogP contribution >= 0.6 is 0 Å². The molecule has 8 nitrogen and oxygen atoms in total. The van der Waals surface area contributed by atoms with Gasteiger partial charge in [-0.25, -0.2) is 4.98 Å². The standard InChI is InChI=1S/C17H23N5O3/c1-2-7-17(10-23)9-21(8-6-14(17)24)16(25)13-4-3-5-15(20-13)22-11-18-19-12-22/h3-5,11-12,14,23-24H,2,6-10H2,1H3/t14-,17-/m0/s1. The van der Waals surface area contributed by atoms with Gasteiger partial charge in [-0.3, -0.25) is 9.36 Å². The molecule has 0 radical (unpaired) electrons. The van der Waals surface area contributed by atoms with Gasteiger partial charge in [0.25, 0.3) is 5.91 Å². The fraction of sp³-hybridized carbons (Fsp3) is 0.529. The number of aliphatic hydroxyl groups excluding tert-OH is 2. The van der Waals surface area contributed by atoms with Crippen molar-refractivity contribution in [2.24, 2.45) is 5.41 Å². The van der Waals surface area contributed by atoms with Gasteiger partial charge in [-0.15, -0.1) is 10.2 Å². The fourth-order valence-corrected chi connectivity index (χ4v) is 3.47. The van der Waals surface area contributed by atoms with Crippen molar-refractivity contribution in [2.45, 2.75) is 32.3 Å². The zero-order chi connectivity index (χ0) is 17.9. The van der Waals surface area contributed by atoms with E-state index in [2.05, 4.69) is 15.2 Å². The van der Waals surface area contributed by atoms with E-state index in [0.29, 0.717) is 37.4 Å². The lowest BCUT2D eigenvalue weighted by atomic mass is 9.74. The number of rotatable bonds is 5. The van der Waals surface area contributed by atoms with E-state index in [1.54, 1.807) is 27.7 Å². The van der Waals surface area contributed by atoms with E-state index in [1.165, 1.54) is 12.7 Å². The van der Waals surface area contributed by atoms with E-state index >= 15 is 0 Å². The molecule has 1 saturated heterocycles. The number of aromatic nitrogens is 4. The maximum atomic E-state index is 12.9. The number of nitrogens with zero attached hydrogens (tertiary/aromatic N) is 5. The molecule has 2 aromatic heterocycles. The van der Waals surface area contributed by atoms with Crippen molar-refractivity contribution in [3.05, 3.63) is 36.5 Å². The predicted octanol–water partition coefficient (Wildman–Crippen LogP) is 0.648. The summed E-state index contributed by atoms with van der Waals surface area (Å²) >= 11 is 0. The highest BCUT2D eigenvalue weighted by Crippen LogP contribution is 2.35. The summed E-state index contributed by atoms with van der Waals surface area (Å²) in [6, 6.07) is 5.20. The molecule has 1 aliphatic heterocycles. The highest BCUT2D eigenvalue weighted by Gasteiger charge is 2.43. The minimum Gasteiger partial charge on any atom is -0.396 e. The summed E-state index contributed by atoms with van der Waals surface area (Å²) in [7, 11) is 0. The molecule has 1 fully saturated rings. The molecular formula is C17H23N5O3. The lowest BCUT2D eigenvalue weighted by Gasteiger charge is -2.45. The molecule has 0 spiro atoms. The number of piperidine rings is 1. The smallest absolute Gasteiger partial charge is 0.272 e. The Bertz CT molecular complexity index is 721. The second-order valence-corrected chi connectivity index (χ2v) is 6.55. The van der Waals surface area contributed by atoms with Crippen LogP contribution in [0.1, 0.15) is 36.7 Å². The number of hydrogen-bond donors (Lipinski definition) is 2. The van der Waals surface area contributed by atoms with Gasteiger partial charge >= 0.3 is 0 Å². The third-order valence-electron chi connectivity index (χ3n) is 4.87. The van der Waals surface area contributed by atoms with Gasteiger partial charge < -0.3 is 15.1 Å². The highest BCUT2D eigenvalue weighted by molar-refractivity contribution is 5.92. The molecule has 3 rings (SSSR count). The number of hydrogen-bond acceptors (Lipinski definition) is 6. The highest BCUT2D eigenvalue weighted by atomic mass is 16.3. The molecule has 8 heteroatoms. The minimum absolute atomic E-state index is 0.139. The maximum absolute atomic E-state index is 12.9. The average molecular weight is 345 g/mol. The molecule has 0 aromatic carbocycles. The van der Waals surface area contributed by atoms with Crippen LogP contribution in [0.15, 0.2) is 30.9 Å². The van der Waals surface area contributed by atoms with Gasteiger partial charge in [-0.1, -0.05) is 19.4 Å². The molecule has 25 heavy (non-hydrogen) atoms. The molecule has 0 unspecified atom stereocenters. The number of aliphatic hydroxyl groups is 2. The van der Waals surface area contributed by atoms with Gasteiger partial charge in [0.1, 0.15) is 24.2 Å². The lowest BCUT2D eigenvalue weighted by molar-refractivity contribution is -0.0721. The van der Waals surface area contributed by atoms with Gasteiger partial charge in [-0.2, -0.15) is 0 Å². The first kappa shape index (κ1) is 17.5. The van der Waals surface area contributed by atoms with Crippen LogP contribution in [0.3, 0.4) is 0 Å².